The Bertz CT molecular complexity index is 759. The Kier molecular flexibility index (Phi) is 5.92. The van der Waals surface area contributed by atoms with Gasteiger partial charge in [0, 0.05) is 32.7 Å². The molecule has 0 unspecified atom stereocenters. The van der Waals surface area contributed by atoms with Crippen LogP contribution < -0.4 is 9.64 Å². The van der Waals surface area contributed by atoms with E-state index < -0.39 is 17.8 Å². The first-order valence-electron chi connectivity index (χ1n) is 8.84. The molecule has 1 saturated heterocycles. The molecule has 1 N–H and O–H groups in total. The summed E-state index contributed by atoms with van der Waals surface area (Å²) in [6.45, 7) is 2.92. The number of alkyl halides is 3. The van der Waals surface area contributed by atoms with Crippen LogP contribution in [0.2, 0.25) is 0 Å². The van der Waals surface area contributed by atoms with Gasteiger partial charge in [0.1, 0.15) is 5.75 Å². The number of benzene rings is 2. The monoisotopic (exact) mass is 380 g/mol. The van der Waals surface area contributed by atoms with Gasteiger partial charge in [-0.3, -0.25) is 4.90 Å². The van der Waals surface area contributed by atoms with Crippen molar-refractivity contribution >= 4 is 5.69 Å². The number of ether oxygens (including phenoxy) is 1. The fourth-order valence-corrected chi connectivity index (χ4v) is 3.45. The summed E-state index contributed by atoms with van der Waals surface area (Å²) in [7, 11) is 1.63. The Morgan fingerprint density at radius 2 is 1.63 bits per heavy atom. The number of nitrogens with zero attached hydrogens (tertiary/aromatic N) is 2. The summed E-state index contributed by atoms with van der Waals surface area (Å²) in [5, 5.41) is 10.4. The van der Waals surface area contributed by atoms with E-state index in [4.69, 9.17) is 4.74 Å². The number of hydrogen-bond donors (Lipinski definition) is 1. The highest BCUT2D eigenvalue weighted by molar-refractivity contribution is 5.58. The quantitative estimate of drug-likeness (QED) is 0.860. The fraction of sp³-hybridized carbons (Fsp3) is 0.400. The van der Waals surface area contributed by atoms with E-state index in [0.717, 1.165) is 17.5 Å². The van der Waals surface area contributed by atoms with Gasteiger partial charge in [-0.1, -0.05) is 30.3 Å². The van der Waals surface area contributed by atoms with E-state index in [1.165, 1.54) is 18.2 Å². The average molecular weight is 380 g/mol. The van der Waals surface area contributed by atoms with E-state index >= 15 is 0 Å². The maximum absolute atomic E-state index is 13.2. The van der Waals surface area contributed by atoms with Crippen LogP contribution in [-0.2, 0) is 6.18 Å². The number of aliphatic hydroxyl groups is 1. The Labute approximate surface area is 156 Å². The van der Waals surface area contributed by atoms with E-state index in [9.17, 15) is 18.3 Å². The lowest BCUT2D eigenvalue weighted by Crippen LogP contribution is -2.47. The van der Waals surface area contributed by atoms with Crippen molar-refractivity contribution in [2.75, 3.05) is 44.7 Å². The molecule has 146 valence electrons. The molecule has 1 aliphatic rings. The number of para-hydroxylation sites is 2. The number of halogens is 3. The van der Waals surface area contributed by atoms with Gasteiger partial charge in [0.25, 0.3) is 0 Å². The molecule has 0 bridgehead atoms. The minimum absolute atomic E-state index is 0.0721. The molecule has 0 amide bonds. The topological polar surface area (TPSA) is 35.9 Å². The zero-order valence-corrected chi connectivity index (χ0v) is 15.1. The van der Waals surface area contributed by atoms with Crippen molar-refractivity contribution in [2.45, 2.75) is 12.3 Å². The van der Waals surface area contributed by atoms with Crippen molar-refractivity contribution in [3.63, 3.8) is 0 Å². The summed E-state index contributed by atoms with van der Waals surface area (Å²) in [4.78, 5) is 4.18. The van der Waals surface area contributed by atoms with E-state index in [1.807, 2.05) is 29.2 Å². The number of methoxy groups -OCH3 is 1. The molecule has 3 rings (SSSR count). The average Bonchev–Trinajstić information content (AvgIpc) is 2.68. The lowest BCUT2D eigenvalue weighted by molar-refractivity contribution is -0.139. The number of aliphatic hydroxyl groups excluding tert-OH is 1. The van der Waals surface area contributed by atoms with Gasteiger partial charge in [0.15, 0.2) is 0 Å². The molecule has 1 fully saturated rings. The second-order valence-corrected chi connectivity index (χ2v) is 6.56. The third-order valence-electron chi connectivity index (χ3n) is 4.85. The van der Waals surface area contributed by atoms with E-state index in [0.29, 0.717) is 26.2 Å². The van der Waals surface area contributed by atoms with E-state index in [2.05, 4.69) is 4.90 Å². The highest BCUT2D eigenvalue weighted by Gasteiger charge is 2.35. The molecule has 0 saturated carbocycles. The third-order valence-corrected chi connectivity index (χ3v) is 4.85. The smallest absolute Gasteiger partial charge is 0.416 e. The summed E-state index contributed by atoms with van der Waals surface area (Å²) in [6.07, 6.45) is -5.65. The first-order valence-corrected chi connectivity index (χ1v) is 8.84. The van der Waals surface area contributed by atoms with Crippen LogP contribution in [0, 0.1) is 0 Å². The molecule has 2 aromatic rings. The van der Waals surface area contributed by atoms with Gasteiger partial charge in [-0.05, 0) is 23.8 Å². The van der Waals surface area contributed by atoms with Crippen LogP contribution in [-0.4, -0.2) is 49.8 Å². The van der Waals surface area contributed by atoms with Crippen LogP contribution in [0.15, 0.2) is 48.5 Å². The first-order chi connectivity index (χ1) is 12.9. The largest absolute Gasteiger partial charge is 0.495 e. The van der Waals surface area contributed by atoms with Crippen molar-refractivity contribution < 1.29 is 23.0 Å². The Morgan fingerprint density at radius 1 is 1.00 bits per heavy atom. The molecule has 2 aromatic carbocycles. The Morgan fingerprint density at radius 3 is 2.30 bits per heavy atom. The van der Waals surface area contributed by atoms with Crippen molar-refractivity contribution in [3.8, 4) is 5.75 Å². The van der Waals surface area contributed by atoms with Crippen molar-refractivity contribution in [3.05, 3.63) is 59.7 Å². The highest BCUT2D eigenvalue weighted by atomic mass is 19.4. The summed E-state index contributed by atoms with van der Waals surface area (Å²) >= 11 is 0. The van der Waals surface area contributed by atoms with Crippen molar-refractivity contribution in [1.82, 2.24) is 4.90 Å². The molecule has 1 aliphatic heterocycles. The van der Waals surface area contributed by atoms with Crippen LogP contribution in [0.5, 0.6) is 5.75 Å². The molecule has 1 atom stereocenters. The highest BCUT2D eigenvalue weighted by Crippen LogP contribution is 2.35. The summed E-state index contributed by atoms with van der Waals surface area (Å²) in [5.74, 6) is 0.796. The van der Waals surface area contributed by atoms with Crippen LogP contribution in [0.25, 0.3) is 0 Å². The second-order valence-electron chi connectivity index (χ2n) is 6.56. The molecule has 0 aliphatic carbocycles. The van der Waals surface area contributed by atoms with Crippen LogP contribution in [0.3, 0.4) is 0 Å². The first kappa shape index (κ1) is 19.5. The van der Waals surface area contributed by atoms with Gasteiger partial charge < -0.3 is 14.7 Å². The van der Waals surface area contributed by atoms with Crippen molar-refractivity contribution in [1.29, 1.82) is 0 Å². The van der Waals surface area contributed by atoms with Crippen molar-refractivity contribution in [2.24, 2.45) is 0 Å². The standard InChI is InChI=1S/C20H23F3N2O2/c1-27-19-9-5-4-8-17(19)25-12-10-24(11-13-25)14-18(26)15-6-2-3-7-16(15)20(21,22)23/h2-9,18,26H,10-14H2,1H3/t18-/m0/s1. The summed E-state index contributed by atoms with van der Waals surface area (Å²) in [5.41, 5.74) is 0.157. The van der Waals surface area contributed by atoms with Gasteiger partial charge >= 0.3 is 6.18 Å². The number of anilines is 1. The van der Waals surface area contributed by atoms with Gasteiger partial charge in [-0.15, -0.1) is 0 Å². The van der Waals surface area contributed by atoms with Gasteiger partial charge in [-0.25, -0.2) is 0 Å². The van der Waals surface area contributed by atoms with E-state index in [-0.39, 0.29) is 12.1 Å². The van der Waals surface area contributed by atoms with Gasteiger partial charge in [0.2, 0.25) is 0 Å². The molecule has 1 heterocycles. The van der Waals surface area contributed by atoms with Crippen LogP contribution in [0.1, 0.15) is 17.2 Å². The minimum Gasteiger partial charge on any atom is -0.495 e. The second kappa shape index (κ2) is 8.19. The lowest BCUT2D eigenvalue weighted by atomic mass is 10.0. The number of rotatable bonds is 5. The molecule has 0 radical (unpaired) electrons. The van der Waals surface area contributed by atoms with Crippen LogP contribution in [0.4, 0.5) is 18.9 Å². The molecule has 27 heavy (non-hydrogen) atoms. The maximum Gasteiger partial charge on any atom is 0.416 e. The zero-order valence-electron chi connectivity index (χ0n) is 15.1. The molecular weight excluding hydrogens is 357 g/mol. The third kappa shape index (κ3) is 4.54. The predicted octanol–water partition coefficient (Wildman–Crippen LogP) is 3.57. The van der Waals surface area contributed by atoms with Gasteiger partial charge in [0.05, 0.1) is 24.5 Å². The SMILES string of the molecule is COc1ccccc1N1CCN(C[C@H](O)c2ccccc2C(F)(F)F)CC1. The molecule has 0 spiro atoms. The Balaban J connectivity index is 1.63. The molecular formula is C20H23F3N2O2. The lowest BCUT2D eigenvalue weighted by Gasteiger charge is -2.37. The van der Waals surface area contributed by atoms with E-state index in [1.54, 1.807) is 7.11 Å². The molecule has 7 heteroatoms. The normalized spacial score (nSPS) is 17.0. The number of hydrogen-bond acceptors (Lipinski definition) is 4. The van der Waals surface area contributed by atoms with Crippen LogP contribution >= 0.6 is 0 Å². The minimum atomic E-state index is -4.47. The number of β-amino-alcohol motifs (C(OH)–C–C–N with tert-alkyl or cyclic N) is 1. The number of piperazine rings is 1. The van der Waals surface area contributed by atoms with Gasteiger partial charge in [-0.2, -0.15) is 13.2 Å². The maximum atomic E-state index is 13.2. The molecule has 4 nitrogen and oxygen atoms in total. The Hall–Kier alpha value is -2.25. The summed E-state index contributed by atoms with van der Waals surface area (Å²) in [6, 6.07) is 13.0. The predicted molar refractivity (Wildman–Crippen MR) is 98.1 cm³/mol. The summed E-state index contributed by atoms with van der Waals surface area (Å²) < 4.78 is 44.9. The fourth-order valence-electron chi connectivity index (χ4n) is 3.45. The molecule has 0 aromatic heterocycles. The zero-order chi connectivity index (χ0) is 19.4.